The molecule has 0 fully saturated rings. The molecule has 3 aromatic rings. The van der Waals surface area contributed by atoms with E-state index in [0.717, 1.165) is 27.2 Å². The van der Waals surface area contributed by atoms with Gasteiger partial charge in [-0.05, 0) is 37.3 Å². The number of aromatic nitrogens is 2. The van der Waals surface area contributed by atoms with Gasteiger partial charge in [-0.3, -0.25) is 4.98 Å². The van der Waals surface area contributed by atoms with Crippen LogP contribution in [-0.4, -0.2) is 25.5 Å². The van der Waals surface area contributed by atoms with Crippen molar-refractivity contribution in [2.45, 2.75) is 18.4 Å². The van der Waals surface area contributed by atoms with Crippen LogP contribution in [0, 0.1) is 12.7 Å². The predicted molar refractivity (Wildman–Crippen MR) is 97.1 cm³/mol. The number of nitrogens with zero attached hydrogens (tertiary/aromatic N) is 2. The number of rotatable bonds is 6. The summed E-state index contributed by atoms with van der Waals surface area (Å²) >= 11 is 1.39. The first-order chi connectivity index (χ1) is 12.4. The van der Waals surface area contributed by atoms with Crippen molar-refractivity contribution in [3.05, 3.63) is 59.1 Å². The van der Waals surface area contributed by atoms with Crippen LogP contribution in [0.25, 0.3) is 10.6 Å². The van der Waals surface area contributed by atoms with E-state index < -0.39 is 15.8 Å². The number of methoxy groups -OCH3 is 1. The van der Waals surface area contributed by atoms with Crippen LogP contribution in [0.3, 0.4) is 0 Å². The smallest absolute Gasteiger partial charge is 0.241 e. The highest BCUT2D eigenvalue weighted by atomic mass is 32.2. The number of ether oxygens (including phenoxy) is 1. The number of hydrogen-bond acceptors (Lipinski definition) is 6. The summed E-state index contributed by atoms with van der Waals surface area (Å²) in [6.07, 6.45) is 3.37. The van der Waals surface area contributed by atoms with Crippen LogP contribution in [0.2, 0.25) is 0 Å². The Labute approximate surface area is 154 Å². The van der Waals surface area contributed by atoms with Crippen molar-refractivity contribution in [2.24, 2.45) is 0 Å². The van der Waals surface area contributed by atoms with Crippen LogP contribution in [0.5, 0.6) is 5.75 Å². The number of aryl methyl sites for hydroxylation is 1. The summed E-state index contributed by atoms with van der Waals surface area (Å²) in [4.78, 5) is 9.13. The summed E-state index contributed by atoms with van der Waals surface area (Å²) < 4.78 is 45.9. The van der Waals surface area contributed by atoms with Crippen molar-refractivity contribution >= 4 is 21.4 Å². The molecule has 0 saturated heterocycles. The Morgan fingerprint density at radius 3 is 2.77 bits per heavy atom. The molecule has 0 radical (unpaired) electrons. The van der Waals surface area contributed by atoms with E-state index in [1.165, 1.54) is 30.6 Å². The van der Waals surface area contributed by atoms with Crippen molar-refractivity contribution in [2.75, 3.05) is 7.11 Å². The molecule has 0 spiro atoms. The average molecular weight is 393 g/mol. The van der Waals surface area contributed by atoms with E-state index in [4.69, 9.17) is 4.74 Å². The van der Waals surface area contributed by atoms with Crippen LogP contribution < -0.4 is 9.46 Å². The largest absolute Gasteiger partial charge is 0.494 e. The first-order valence-corrected chi connectivity index (χ1v) is 9.90. The highest BCUT2D eigenvalue weighted by Gasteiger charge is 2.18. The highest BCUT2D eigenvalue weighted by Crippen LogP contribution is 2.27. The molecule has 0 saturated carbocycles. The zero-order valence-corrected chi connectivity index (χ0v) is 15.7. The normalized spacial score (nSPS) is 11.5. The molecule has 0 atom stereocenters. The van der Waals surface area contributed by atoms with E-state index >= 15 is 0 Å². The van der Waals surface area contributed by atoms with Gasteiger partial charge in [0.1, 0.15) is 5.01 Å². The molecule has 0 aliphatic rings. The molecule has 0 bridgehead atoms. The van der Waals surface area contributed by atoms with Crippen LogP contribution >= 0.6 is 11.3 Å². The Morgan fingerprint density at radius 2 is 2.12 bits per heavy atom. The number of thiazole rings is 1. The molecule has 26 heavy (non-hydrogen) atoms. The molecule has 0 amide bonds. The summed E-state index contributed by atoms with van der Waals surface area (Å²) in [5, 5.41) is 0.764. The van der Waals surface area contributed by atoms with Crippen molar-refractivity contribution in [1.82, 2.24) is 14.7 Å². The minimum Gasteiger partial charge on any atom is -0.494 e. The summed E-state index contributed by atoms with van der Waals surface area (Å²) in [6.45, 7) is 1.88. The summed E-state index contributed by atoms with van der Waals surface area (Å²) in [5.74, 6) is -0.744. The zero-order valence-electron chi connectivity index (χ0n) is 14.1. The van der Waals surface area contributed by atoms with Gasteiger partial charge in [0.05, 0.1) is 17.7 Å². The third kappa shape index (κ3) is 3.90. The molecule has 1 aromatic carbocycles. The van der Waals surface area contributed by atoms with Gasteiger partial charge in [0.2, 0.25) is 10.0 Å². The van der Waals surface area contributed by atoms with Crippen molar-refractivity contribution in [3.8, 4) is 16.3 Å². The quantitative estimate of drug-likeness (QED) is 0.696. The Morgan fingerprint density at radius 1 is 1.31 bits per heavy atom. The topological polar surface area (TPSA) is 81.2 Å². The number of benzene rings is 1. The Bertz CT molecular complexity index is 1020. The first kappa shape index (κ1) is 18.4. The van der Waals surface area contributed by atoms with Crippen molar-refractivity contribution < 1.29 is 17.5 Å². The predicted octanol–water partition coefficient (Wildman–Crippen LogP) is 3.14. The molecular weight excluding hydrogens is 377 g/mol. The zero-order chi connectivity index (χ0) is 18.7. The second-order valence-corrected chi connectivity index (χ2v) is 8.24. The maximum absolute atomic E-state index is 13.8. The van der Waals surface area contributed by atoms with Crippen LogP contribution in [0.4, 0.5) is 4.39 Å². The van der Waals surface area contributed by atoms with Crippen LogP contribution in [-0.2, 0) is 16.6 Å². The average Bonchev–Trinajstić information content (AvgIpc) is 3.01. The number of hydrogen-bond donors (Lipinski definition) is 1. The summed E-state index contributed by atoms with van der Waals surface area (Å²) in [6, 6.07) is 7.21. The van der Waals surface area contributed by atoms with Gasteiger partial charge >= 0.3 is 0 Å². The number of sulfonamides is 1. The molecule has 1 N–H and O–H groups in total. The molecule has 2 aromatic heterocycles. The van der Waals surface area contributed by atoms with Gasteiger partial charge < -0.3 is 4.74 Å². The lowest BCUT2D eigenvalue weighted by Crippen LogP contribution is -2.23. The second-order valence-electron chi connectivity index (χ2n) is 5.39. The lowest BCUT2D eigenvalue weighted by molar-refractivity contribution is 0.385. The van der Waals surface area contributed by atoms with Gasteiger partial charge in [-0.1, -0.05) is 0 Å². The SMILES string of the molecule is COc1ccc(S(=O)(=O)NCc2sc(-c3cccnc3)nc2C)cc1F. The molecule has 136 valence electrons. The van der Waals surface area contributed by atoms with E-state index in [0.29, 0.717) is 0 Å². The van der Waals surface area contributed by atoms with Gasteiger partial charge in [-0.15, -0.1) is 11.3 Å². The summed E-state index contributed by atoms with van der Waals surface area (Å²) in [7, 11) is -2.54. The third-order valence-electron chi connectivity index (χ3n) is 3.66. The molecule has 9 heteroatoms. The van der Waals surface area contributed by atoms with Gasteiger partial charge in [0.25, 0.3) is 0 Å². The van der Waals surface area contributed by atoms with Gasteiger partial charge in [0.15, 0.2) is 11.6 Å². The molecule has 0 unspecified atom stereocenters. The maximum atomic E-state index is 13.8. The first-order valence-electron chi connectivity index (χ1n) is 7.60. The molecule has 3 rings (SSSR count). The second kappa shape index (κ2) is 7.48. The Balaban J connectivity index is 1.78. The number of pyridine rings is 1. The van der Waals surface area contributed by atoms with Gasteiger partial charge in [0, 0.05) is 29.4 Å². The van der Waals surface area contributed by atoms with E-state index in [1.807, 2.05) is 19.1 Å². The molecular formula is C17H16FN3O3S2. The lowest BCUT2D eigenvalue weighted by atomic mass is 10.3. The molecule has 0 aliphatic heterocycles. The third-order valence-corrected chi connectivity index (χ3v) is 6.26. The lowest BCUT2D eigenvalue weighted by Gasteiger charge is -2.08. The Hall–Kier alpha value is -2.36. The van der Waals surface area contributed by atoms with Gasteiger partial charge in [-0.25, -0.2) is 22.5 Å². The minimum atomic E-state index is -3.86. The highest BCUT2D eigenvalue weighted by molar-refractivity contribution is 7.89. The van der Waals surface area contributed by atoms with Crippen molar-refractivity contribution in [1.29, 1.82) is 0 Å². The number of halogens is 1. The maximum Gasteiger partial charge on any atom is 0.241 e. The molecule has 6 nitrogen and oxygen atoms in total. The fourth-order valence-electron chi connectivity index (χ4n) is 2.26. The van der Waals surface area contributed by atoms with E-state index in [9.17, 15) is 12.8 Å². The molecule has 0 aliphatic carbocycles. The monoisotopic (exact) mass is 393 g/mol. The van der Waals surface area contributed by atoms with Crippen LogP contribution in [0.15, 0.2) is 47.6 Å². The van der Waals surface area contributed by atoms with Crippen molar-refractivity contribution in [3.63, 3.8) is 0 Å². The van der Waals surface area contributed by atoms with E-state index in [-0.39, 0.29) is 17.2 Å². The minimum absolute atomic E-state index is 0.0108. The molecule has 2 heterocycles. The standard InChI is InChI=1S/C17H16FN3O3S2/c1-11-16(25-17(21-11)12-4-3-7-19-9-12)10-20-26(22,23)13-5-6-15(24-2)14(18)8-13/h3-9,20H,10H2,1-2H3. The fraction of sp³-hybridized carbons (Fsp3) is 0.176. The van der Waals surface area contributed by atoms with Gasteiger partial charge in [-0.2, -0.15) is 0 Å². The summed E-state index contributed by atoms with van der Waals surface area (Å²) in [5.41, 5.74) is 1.60. The van der Waals surface area contributed by atoms with E-state index in [2.05, 4.69) is 14.7 Å². The number of nitrogens with one attached hydrogen (secondary N) is 1. The van der Waals surface area contributed by atoms with Crippen LogP contribution in [0.1, 0.15) is 10.6 Å². The Kier molecular flexibility index (Phi) is 5.30. The fourth-order valence-corrected chi connectivity index (χ4v) is 4.35. The van der Waals surface area contributed by atoms with E-state index in [1.54, 1.807) is 12.4 Å².